The van der Waals surface area contributed by atoms with E-state index in [-0.39, 0.29) is 11.5 Å². The number of nitrogens with zero attached hydrogens (tertiary/aromatic N) is 2. The van der Waals surface area contributed by atoms with E-state index in [0.717, 1.165) is 38.6 Å². The van der Waals surface area contributed by atoms with Gasteiger partial charge < -0.3 is 10.5 Å². The van der Waals surface area contributed by atoms with Gasteiger partial charge in [0.2, 0.25) is 0 Å². The molecule has 186 valence electrons. The van der Waals surface area contributed by atoms with Gasteiger partial charge in [-0.2, -0.15) is 0 Å². The van der Waals surface area contributed by atoms with Crippen LogP contribution in [0.15, 0.2) is 72.8 Å². The summed E-state index contributed by atoms with van der Waals surface area (Å²) in [5.41, 5.74) is 11.1. The molecule has 2 aromatic heterocycles. The maximum absolute atomic E-state index is 13.9. The number of hydrogen-bond acceptors (Lipinski definition) is 5. The number of fused-ring (bicyclic) bond motifs is 1. The Morgan fingerprint density at radius 2 is 1.84 bits per heavy atom. The molecule has 3 aromatic carbocycles. The molecule has 2 heterocycles. The summed E-state index contributed by atoms with van der Waals surface area (Å²) >= 11 is 1.63. The fourth-order valence-electron chi connectivity index (χ4n) is 4.29. The first kappa shape index (κ1) is 24.6. The summed E-state index contributed by atoms with van der Waals surface area (Å²) in [5, 5.41) is 0. The van der Waals surface area contributed by atoms with Crippen LogP contribution in [0.1, 0.15) is 40.0 Å². The van der Waals surface area contributed by atoms with E-state index >= 15 is 0 Å². The molecule has 0 spiro atoms. The van der Waals surface area contributed by atoms with Crippen LogP contribution in [-0.4, -0.2) is 22.5 Å². The number of primary amides is 1. The van der Waals surface area contributed by atoms with Crippen LogP contribution in [0.5, 0.6) is 5.75 Å². The third-order valence-corrected chi connectivity index (χ3v) is 7.19. The molecule has 0 bridgehead atoms. The summed E-state index contributed by atoms with van der Waals surface area (Å²) < 4.78 is 19.7. The van der Waals surface area contributed by atoms with Gasteiger partial charge in [-0.3, -0.25) is 4.79 Å². The molecule has 0 aliphatic heterocycles. The molecule has 7 heteroatoms. The number of rotatable bonds is 8. The van der Waals surface area contributed by atoms with E-state index in [9.17, 15) is 9.18 Å². The largest absolute Gasteiger partial charge is 0.493 e. The molecular weight excluding hydrogens is 485 g/mol. The van der Waals surface area contributed by atoms with Crippen LogP contribution >= 0.6 is 11.3 Å². The van der Waals surface area contributed by atoms with Gasteiger partial charge in [0, 0.05) is 21.7 Å². The average molecular weight is 512 g/mol. The standard InChI is InChI=1S/C30H26FN3O2S/c1-3-14-36-26-12-10-20(15-18(26)2)27-13-11-22(37-27)17-25-29(30(32)35)33-24-9-5-8-23(28(24)34-25)19-6-4-7-21(31)16-19/h4-13,15-16H,3,14,17H2,1-2H3,(H2,32,35). The van der Waals surface area contributed by atoms with Crippen molar-refractivity contribution in [1.29, 1.82) is 0 Å². The molecule has 0 unspecified atom stereocenters. The quantitative estimate of drug-likeness (QED) is 0.244. The summed E-state index contributed by atoms with van der Waals surface area (Å²) in [4.78, 5) is 23.8. The van der Waals surface area contributed by atoms with Gasteiger partial charge in [-0.05, 0) is 78.6 Å². The minimum atomic E-state index is -0.629. The minimum Gasteiger partial charge on any atom is -0.493 e. The monoisotopic (exact) mass is 511 g/mol. The van der Waals surface area contributed by atoms with Crippen molar-refractivity contribution in [3.8, 4) is 27.3 Å². The molecule has 0 radical (unpaired) electrons. The Morgan fingerprint density at radius 3 is 2.59 bits per heavy atom. The Balaban J connectivity index is 1.51. The highest BCUT2D eigenvalue weighted by Crippen LogP contribution is 2.33. The molecule has 0 atom stereocenters. The maximum Gasteiger partial charge on any atom is 0.269 e. The summed E-state index contributed by atoms with van der Waals surface area (Å²) in [6.45, 7) is 4.82. The van der Waals surface area contributed by atoms with Crippen molar-refractivity contribution in [2.24, 2.45) is 5.73 Å². The molecule has 0 aliphatic carbocycles. The van der Waals surface area contributed by atoms with Crippen LogP contribution in [0.3, 0.4) is 0 Å². The molecule has 0 fully saturated rings. The van der Waals surface area contributed by atoms with E-state index in [2.05, 4.69) is 30.1 Å². The van der Waals surface area contributed by atoms with Crippen LogP contribution in [0, 0.1) is 12.7 Å². The van der Waals surface area contributed by atoms with Crippen LogP contribution in [0.2, 0.25) is 0 Å². The highest BCUT2D eigenvalue weighted by atomic mass is 32.1. The topological polar surface area (TPSA) is 78.1 Å². The highest BCUT2D eigenvalue weighted by Gasteiger charge is 2.18. The van der Waals surface area contributed by atoms with Crippen molar-refractivity contribution in [1.82, 2.24) is 9.97 Å². The Labute approximate surface area is 218 Å². The Kier molecular flexibility index (Phi) is 6.97. The van der Waals surface area contributed by atoms with Crippen molar-refractivity contribution in [3.05, 3.63) is 100 Å². The summed E-state index contributed by atoms with van der Waals surface area (Å²) in [6, 6.07) is 22.1. The van der Waals surface area contributed by atoms with Gasteiger partial charge in [0.15, 0.2) is 5.69 Å². The van der Waals surface area contributed by atoms with E-state index in [1.807, 2.05) is 37.3 Å². The van der Waals surface area contributed by atoms with Gasteiger partial charge in [-0.15, -0.1) is 11.3 Å². The number of halogens is 1. The van der Waals surface area contributed by atoms with Crippen LogP contribution in [0.4, 0.5) is 4.39 Å². The lowest BCUT2D eigenvalue weighted by Crippen LogP contribution is -2.17. The summed E-state index contributed by atoms with van der Waals surface area (Å²) in [5.74, 6) is -0.0626. The normalized spacial score (nSPS) is 11.1. The number of aryl methyl sites for hydroxylation is 1. The number of thiophene rings is 1. The van der Waals surface area contributed by atoms with Crippen molar-refractivity contribution in [3.63, 3.8) is 0 Å². The SMILES string of the molecule is CCCOc1ccc(-c2ccc(Cc3nc4c(-c5cccc(F)c5)cccc4nc3C(N)=O)s2)cc1C. The predicted octanol–water partition coefficient (Wildman–Crippen LogP) is 6.95. The van der Waals surface area contributed by atoms with Crippen LogP contribution in [0.25, 0.3) is 32.6 Å². The lowest BCUT2D eigenvalue weighted by molar-refractivity contribution is 0.0994. The lowest BCUT2D eigenvalue weighted by Gasteiger charge is -2.11. The average Bonchev–Trinajstić information content (AvgIpc) is 3.35. The van der Waals surface area contributed by atoms with Crippen molar-refractivity contribution < 1.29 is 13.9 Å². The summed E-state index contributed by atoms with van der Waals surface area (Å²) in [6.07, 6.45) is 1.37. The fourth-order valence-corrected chi connectivity index (χ4v) is 5.30. The van der Waals surface area contributed by atoms with Crippen molar-refractivity contribution in [2.45, 2.75) is 26.7 Å². The zero-order valence-electron chi connectivity index (χ0n) is 20.6. The molecule has 2 N–H and O–H groups in total. The van der Waals surface area contributed by atoms with Gasteiger partial charge in [-0.25, -0.2) is 14.4 Å². The van der Waals surface area contributed by atoms with Gasteiger partial charge in [0.05, 0.1) is 23.3 Å². The highest BCUT2D eigenvalue weighted by molar-refractivity contribution is 7.15. The van der Waals surface area contributed by atoms with Gasteiger partial charge in [0.25, 0.3) is 5.91 Å². The van der Waals surface area contributed by atoms with Gasteiger partial charge in [0.1, 0.15) is 11.6 Å². The second-order valence-corrected chi connectivity index (χ2v) is 10.0. The van der Waals surface area contributed by atoms with E-state index in [1.54, 1.807) is 23.5 Å². The Hall–Kier alpha value is -4.10. The second-order valence-electron chi connectivity index (χ2n) is 8.84. The first-order valence-electron chi connectivity index (χ1n) is 12.1. The molecule has 0 saturated carbocycles. The van der Waals surface area contributed by atoms with E-state index in [1.165, 1.54) is 12.1 Å². The van der Waals surface area contributed by atoms with Crippen molar-refractivity contribution >= 4 is 28.3 Å². The fraction of sp³-hybridized carbons (Fsp3) is 0.167. The number of nitrogens with two attached hydrogens (primary N) is 1. The predicted molar refractivity (Wildman–Crippen MR) is 147 cm³/mol. The number of para-hydroxylation sites is 1. The number of benzene rings is 3. The minimum absolute atomic E-state index is 0.145. The Morgan fingerprint density at radius 1 is 1.00 bits per heavy atom. The van der Waals surface area contributed by atoms with E-state index in [0.29, 0.717) is 35.3 Å². The molecule has 1 amide bonds. The molecule has 37 heavy (non-hydrogen) atoms. The van der Waals surface area contributed by atoms with E-state index < -0.39 is 5.91 Å². The third-order valence-electron chi connectivity index (χ3n) is 6.06. The number of carbonyl (C=O) groups excluding carboxylic acids is 1. The van der Waals surface area contributed by atoms with Gasteiger partial charge >= 0.3 is 0 Å². The molecule has 5 rings (SSSR count). The smallest absolute Gasteiger partial charge is 0.269 e. The first-order valence-corrected chi connectivity index (χ1v) is 12.9. The van der Waals surface area contributed by atoms with Crippen molar-refractivity contribution in [2.75, 3.05) is 6.61 Å². The zero-order valence-corrected chi connectivity index (χ0v) is 21.4. The van der Waals surface area contributed by atoms with E-state index in [4.69, 9.17) is 15.5 Å². The number of hydrogen-bond donors (Lipinski definition) is 1. The third kappa shape index (κ3) is 5.22. The zero-order chi connectivity index (χ0) is 25.9. The Bertz CT molecular complexity index is 1610. The maximum atomic E-state index is 13.9. The second kappa shape index (κ2) is 10.5. The van der Waals surface area contributed by atoms with Gasteiger partial charge in [-0.1, -0.05) is 31.2 Å². The number of aromatic nitrogens is 2. The number of ether oxygens (including phenoxy) is 1. The molecule has 5 nitrogen and oxygen atoms in total. The number of carbonyl (C=O) groups is 1. The molecule has 5 aromatic rings. The summed E-state index contributed by atoms with van der Waals surface area (Å²) in [7, 11) is 0. The number of amides is 1. The molecular formula is C30H26FN3O2S. The van der Waals surface area contributed by atoms with Crippen LogP contribution < -0.4 is 10.5 Å². The lowest BCUT2D eigenvalue weighted by atomic mass is 10.0. The first-order chi connectivity index (χ1) is 17.9. The molecule has 0 saturated heterocycles. The van der Waals surface area contributed by atoms with Crippen LogP contribution in [-0.2, 0) is 6.42 Å². The molecule has 0 aliphatic rings.